The molecule has 5 rings (SSSR count). The maximum Gasteiger partial charge on any atom is 0.323 e. The third-order valence-corrected chi connectivity index (χ3v) is 6.16. The molecule has 1 atom stereocenters. The highest BCUT2D eigenvalue weighted by Gasteiger charge is 2.53. The lowest BCUT2D eigenvalue weighted by molar-refractivity contribution is -0.161. The van der Waals surface area contributed by atoms with Crippen LogP contribution in [0.15, 0.2) is 78.9 Å². The van der Waals surface area contributed by atoms with Crippen LogP contribution in [-0.2, 0) is 19.8 Å². The number of fused-ring (bicyclic) bond motifs is 3. The Bertz CT molecular complexity index is 1000. The second-order valence-electron chi connectivity index (χ2n) is 7.50. The van der Waals surface area contributed by atoms with Crippen molar-refractivity contribution in [2.24, 2.45) is 0 Å². The number of carbonyl (C=O) groups is 1. The van der Waals surface area contributed by atoms with Crippen LogP contribution < -0.4 is 0 Å². The minimum atomic E-state index is -0.617. The quantitative estimate of drug-likeness (QED) is 0.634. The Balaban J connectivity index is 1.85. The summed E-state index contributed by atoms with van der Waals surface area (Å²) in [5, 5.41) is 0. The van der Waals surface area contributed by atoms with Crippen LogP contribution in [-0.4, -0.2) is 37.4 Å². The summed E-state index contributed by atoms with van der Waals surface area (Å²) in [4.78, 5) is 15.0. The second-order valence-corrected chi connectivity index (χ2v) is 7.50. The molecule has 3 aromatic rings. The van der Waals surface area contributed by atoms with E-state index in [-0.39, 0.29) is 12.0 Å². The molecular formula is C25H23NO3. The van der Waals surface area contributed by atoms with Gasteiger partial charge in [-0.2, -0.15) is 0 Å². The molecule has 0 saturated carbocycles. The molecule has 0 amide bonds. The minimum Gasteiger partial charge on any atom is -0.468 e. The van der Waals surface area contributed by atoms with Crippen molar-refractivity contribution in [1.82, 2.24) is 4.90 Å². The molecule has 1 fully saturated rings. The topological polar surface area (TPSA) is 38.8 Å². The van der Waals surface area contributed by atoms with E-state index in [4.69, 9.17) is 9.47 Å². The van der Waals surface area contributed by atoms with Crippen LogP contribution in [0.5, 0.6) is 0 Å². The number of methoxy groups -OCH3 is 1. The Labute approximate surface area is 170 Å². The normalized spacial score (nSPS) is 20.0. The van der Waals surface area contributed by atoms with Crippen molar-refractivity contribution in [1.29, 1.82) is 0 Å². The van der Waals surface area contributed by atoms with Gasteiger partial charge in [-0.25, -0.2) is 4.90 Å². The molecular weight excluding hydrogens is 362 g/mol. The Hall–Kier alpha value is -2.95. The molecule has 0 radical (unpaired) electrons. The highest BCUT2D eigenvalue weighted by atomic mass is 16.5. The van der Waals surface area contributed by atoms with E-state index in [0.717, 1.165) is 5.56 Å². The molecule has 3 aromatic carbocycles. The largest absolute Gasteiger partial charge is 0.468 e. The van der Waals surface area contributed by atoms with Crippen molar-refractivity contribution < 1.29 is 14.3 Å². The lowest BCUT2D eigenvalue weighted by Gasteiger charge is -2.48. The first kappa shape index (κ1) is 18.1. The van der Waals surface area contributed by atoms with Gasteiger partial charge in [0.05, 0.1) is 13.7 Å². The monoisotopic (exact) mass is 385 g/mol. The van der Waals surface area contributed by atoms with Gasteiger partial charge in [0.1, 0.15) is 18.3 Å². The highest BCUT2D eigenvalue weighted by molar-refractivity contribution is 5.84. The summed E-state index contributed by atoms with van der Waals surface area (Å²) in [5.74, 6) is -0.217. The highest BCUT2D eigenvalue weighted by Crippen LogP contribution is 2.55. The Morgan fingerprint density at radius 2 is 1.52 bits per heavy atom. The van der Waals surface area contributed by atoms with E-state index in [1.807, 2.05) is 6.07 Å². The van der Waals surface area contributed by atoms with Gasteiger partial charge in [0.15, 0.2) is 0 Å². The predicted molar refractivity (Wildman–Crippen MR) is 111 cm³/mol. The number of carbonyl (C=O) groups excluding carboxylic acids is 1. The van der Waals surface area contributed by atoms with Crippen molar-refractivity contribution in [2.75, 3.05) is 20.4 Å². The van der Waals surface area contributed by atoms with E-state index in [2.05, 4.69) is 77.7 Å². The number of rotatable bonds is 3. The zero-order chi connectivity index (χ0) is 19.8. The van der Waals surface area contributed by atoms with E-state index in [1.54, 1.807) is 0 Å². The summed E-state index contributed by atoms with van der Waals surface area (Å²) in [7, 11) is 1.46. The number of nitrogens with zero attached hydrogens (tertiary/aromatic N) is 1. The van der Waals surface area contributed by atoms with E-state index in [9.17, 15) is 4.79 Å². The molecule has 4 nitrogen and oxygen atoms in total. The molecule has 146 valence electrons. The predicted octanol–water partition coefficient (Wildman–Crippen LogP) is 4.18. The number of hydrogen-bond donors (Lipinski definition) is 0. The van der Waals surface area contributed by atoms with Crippen molar-refractivity contribution in [2.45, 2.75) is 18.0 Å². The number of ether oxygens (including phenoxy) is 2. The van der Waals surface area contributed by atoms with Gasteiger partial charge in [-0.05, 0) is 34.2 Å². The smallest absolute Gasteiger partial charge is 0.323 e. The van der Waals surface area contributed by atoms with Gasteiger partial charge in [-0.15, -0.1) is 0 Å². The molecule has 2 aliphatic rings. The fraction of sp³-hybridized carbons (Fsp3) is 0.240. The van der Waals surface area contributed by atoms with Crippen LogP contribution in [0.4, 0.5) is 0 Å². The van der Waals surface area contributed by atoms with Gasteiger partial charge in [0.2, 0.25) is 0 Å². The number of hydrogen-bond acceptors (Lipinski definition) is 4. The molecule has 1 heterocycles. The van der Waals surface area contributed by atoms with Gasteiger partial charge in [0, 0.05) is 0 Å². The first-order chi connectivity index (χ1) is 14.3. The molecule has 29 heavy (non-hydrogen) atoms. The zero-order valence-electron chi connectivity index (χ0n) is 16.4. The molecule has 1 aliphatic heterocycles. The zero-order valence-corrected chi connectivity index (χ0v) is 16.4. The first-order valence-electron chi connectivity index (χ1n) is 9.95. The summed E-state index contributed by atoms with van der Waals surface area (Å²) < 4.78 is 11.1. The van der Waals surface area contributed by atoms with Crippen molar-refractivity contribution in [3.05, 3.63) is 95.6 Å². The molecule has 4 heteroatoms. The van der Waals surface area contributed by atoms with Crippen LogP contribution in [0.2, 0.25) is 0 Å². The molecule has 1 saturated heterocycles. The molecule has 1 aliphatic carbocycles. The van der Waals surface area contributed by atoms with E-state index >= 15 is 0 Å². The average molecular weight is 385 g/mol. The maximum absolute atomic E-state index is 12.8. The Kier molecular flexibility index (Phi) is 4.46. The molecule has 0 spiro atoms. The fourth-order valence-electron chi connectivity index (χ4n) is 4.99. The number of benzene rings is 3. The number of esters is 1. The first-order valence-corrected chi connectivity index (χ1v) is 9.95. The van der Waals surface area contributed by atoms with Crippen molar-refractivity contribution >= 4 is 5.97 Å². The Morgan fingerprint density at radius 3 is 2.14 bits per heavy atom. The average Bonchev–Trinajstić information content (AvgIpc) is 3.10. The summed E-state index contributed by atoms with van der Waals surface area (Å²) in [6.07, 6.45) is 0.603. The van der Waals surface area contributed by atoms with Gasteiger partial charge in [-0.1, -0.05) is 78.9 Å². The summed E-state index contributed by atoms with van der Waals surface area (Å²) in [5.41, 5.74) is 5.24. The molecule has 0 aromatic heterocycles. The maximum atomic E-state index is 12.8. The van der Waals surface area contributed by atoms with Crippen LogP contribution in [0.1, 0.15) is 23.1 Å². The molecule has 0 bridgehead atoms. The lowest BCUT2D eigenvalue weighted by atomic mass is 9.78. The van der Waals surface area contributed by atoms with Crippen LogP contribution in [0, 0.1) is 0 Å². The molecule has 0 unspecified atom stereocenters. The third-order valence-electron chi connectivity index (χ3n) is 6.16. The van der Waals surface area contributed by atoms with Gasteiger partial charge in [0.25, 0.3) is 0 Å². The lowest BCUT2D eigenvalue weighted by Crippen LogP contribution is -2.58. The van der Waals surface area contributed by atoms with Gasteiger partial charge < -0.3 is 9.47 Å². The molecule has 0 N–H and O–H groups in total. The van der Waals surface area contributed by atoms with Gasteiger partial charge in [-0.3, -0.25) is 4.79 Å². The van der Waals surface area contributed by atoms with Gasteiger partial charge >= 0.3 is 5.97 Å². The summed E-state index contributed by atoms with van der Waals surface area (Å²) in [6, 6.07) is 27.0. The van der Waals surface area contributed by atoms with E-state index in [1.165, 1.54) is 29.4 Å². The Morgan fingerprint density at radius 1 is 0.931 bits per heavy atom. The van der Waals surface area contributed by atoms with Crippen LogP contribution >= 0.6 is 0 Å². The standard InChI is InChI=1S/C25H23NO3/c1-28-24(27)23-15-16-29-17-26(23)25(18-9-3-2-4-10-18)21-13-7-5-11-19(21)20-12-6-8-14-22(20)25/h2-14,23H,15-17H2,1H3/t23-/m0/s1. The van der Waals surface area contributed by atoms with Crippen molar-refractivity contribution in [3.63, 3.8) is 0 Å². The van der Waals surface area contributed by atoms with Crippen LogP contribution in [0.25, 0.3) is 11.1 Å². The summed E-state index contributed by atoms with van der Waals surface area (Å²) >= 11 is 0. The fourth-order valence-corrected chi connectivity index (χ4v) is 4.99. The second kappa shape index (κ2) is 7.14. The van der Waals surface area contributed by atoms with Crippen LogP contribution in [0.3, 0.4) is 0 Å². The summed E-state index contributed by atoms with van der Waals surface area (Å²) in [6.45, 7) is 0.905. The minimum absolute atomic E-state index is 0.217. The SMILES string of the molecule is COC(=O)[C@@H]1CCOCN1C1(c2ccccc2)c2ccccc2-c2ccccc21. The third kappa shape index (κ3) is 2.56. The van der Waals surface area contributed by atoms with E-state index < -0.39 is 5.54 Å². The van der Waals surface area contributed by atoms with Crippen molar-refractivity contribution in [3.8, 4) is 11.1 Å². The van der Waals surface area contributed by atoms with E-state index in [0.29, 0.717) is 19.8 Å².